The summed E-state index contributed by atoms with van der Waals surface area (Å²) in [6.07, 6.45) is 0.793. The summed E-state index contributed by atoms with van der Waals surface area (Å²) in [4.78, 5) is 11.1. The van der Waals surface area contributed by atoms with Crippen LogP contribution in [0.15, 0.2) is 12.1 Å². The number of aliphatic carboxylic acids is 1. The monoisotopic (exact) mass is 252 g/mol. The zero-order valence-corrected chi connectivity index (χ0v) is 10.4. The van der Waals surface area contributed by atoms with Gasteiger partial charge >= 0.3 is 5.97 Å². The Bertz CT molecular complexity index is 455. The van der Waals surface area contributed by atoms with Crippen LogP contribution in [-0.2, 0) is 4.79 Å². The Kier molecular flexibility index (Phi) is 3.60. The molecule has 0 spiro atoms. The smallest absolute Gasteiger partial charge is 0.310 e. The molecule has 0 aromatic heterocycles. The van der Waals surface area contributed by atoms with Crippen molar-refractivity contribution in [3.05, 3.63) is 17.7 Å². The maximum atomic E-state index is 11.1. The number of ether oxygens (including phenoxy) is 3. The van der Waals surface area contributed by atoms with E-state index in [0.29, 0.717) is 36.0 Å². The highest BCUT2D eigenvalue weighted by atomic mass is 16.5. The second kappa shape index (κ2) is 5.16. The maximum Gasteiger partial charge on any atom is 0.310 e. The molecule has 1 aromatic rings. The predicted octanol–water partition coefficient (Wildman–Crippen LogP) is 2.04. The number of fused-ring (bicyclic) bond motifs is 1. The number of carboxylic acid groups (broad SMARTS) is 1. The minimum atomic E-state index is -0.900. The van der Waals surface area contributed by atoms with E-state index in [0.717, 1.165) is 6.42 Å². The zero-order chi connectivity index (χ0) is 13.1. The van der Waals surface area contributed by atoms with E-state index in [9.17, 15) is 4.79 Å². The van der Waals surface area contributed by atoms with Gasteiger partial charge in [-0.25, -0.2) is 0 Å². The van der Waals surface area contributed by atoms with Crippen molar-refractivity contribution in [2.24, 2.45) is 0 Å². The number of hydrogen-bond acceptors (Lipinski definition) is 4. The summed E-state index contributed by atoms with van der Waals surface area (Å²) < 4.78 is 16.4. The van der Waals surface area contributed by atoms with E-state index >= 15 is 0 Å². The van der Waals surface area contributed by atoms with Gasteiger partial charge in [0.05, 0.1) is 26.2 Å². The van der Waals surface area contributed by atoms with Gasteiger partial charge in [-0.1, -0.05) is 6.07 Å². The van der Waals surface area contributed by atoms with Crippen molar-refractivity contribution < 1.29 is 24.1 Å². The fraction of sp³-hybridized carbons (Fsp3) is 0.462. The number of hydrogen-bond donors (Lipinski definition) is 1. The molecule has 0 fully saturated rings. The molecule has 0 bridgehead atoms. The fourth-order valence-corrected chi connectivity index (χ4v) is 1.91. The Labute approximate surface area is 105 Å². The maximum absolute atomic E-state index is 11.1. The lowest BCUT2D eigenvalue weighted by atomic mass is 9.99. The number of rotatable bonds is 3. The molecule has 98 valence electrons. The topological polar surface area (TPSA) is 65.0 Å². The van der Waals surface area contributed by atoms with E-state index < -0.39 is 11.9 Å². The normalized spacial score (nSPS) is 15.7. The first-order chi connectivity index (χ1) is 8.65. The molecule has 0 amide bonds. The second-order valence-electron chi connectivity index (χ2n) is 4.13. The minimum Gasteiger partial charge on any atom is -0.492 e. The molecule has 1 N–H and O–H groups in total. The molecule has 0 aliphatic carbocycles. The molecule has 2 rings (SSSR count). The Morgan fingerprint density at radius 1 is 1.39 bits per heavy atom. The van der Waals surface area contributed by atoms with Gasteiger partial charge in [-0.2, -0.15) is 0 Å². The van der Waals surface area contributed by atoms with Gasteiger partial charge in [-0.15, -0.1) is 0 Å². The van der Waals surface area contributed by atoms with E-state index in [-0.39, 0.29) is 0 Å². The molecule has 5 nitrogen and oxygen atoms in total. The summed E-state index contributed by atoms with van der Waals surface area (Å²) in [5.74, 6) is -0.00418. The first-order valence-corrected chi connectivity index (χ1v) is 5.84. The van der Waals surface area contributed by atoms with Gasteiger partial charge in [0.2, 0.25) is 5.75 Å². The van der Waals surface area contributed by atoms with Crippen molar-refractivity contribution in [1.82, 2.24) is 0 Å². The molecule has 5 heteroatoms. The standard InChI is InChI=1S/C13H16O5/c1-8(13(14)15)9-4-5-10-12(11(9)16-2)18-7-3-6-17-10/h4-5,8H,3,6-7H2,1-2H3,(H,14,15). The molecular formula is C13H16O5. The molecule has 1 heterocycles. The molecule has 1 aliphatic heterocycles. The summed E-state index contributed by atoms with van der Waals surface area (Å²) >= 11 is 0. The lowest BCUT2D eigenvalue weighted by Crippen LogP contribution is -2.10. The van der Waals surface area contributed by atoms with Gasteiger partial charge < -0.3 is 19.3 Å². The highest BCUT2D eigenvalue weighted by molar-refractivity contribution is 5.78. The summed E-state index contributed by atoms with van der Waals surface area (Å²) in [5, 5.41) is 9.09. The summed E-state index contributed by atoms with van der Waals surface area (Å²) in [6.45, 7) is 2.74. The van der Waals surface area contributed by atoms with Gasteiger partial charge in [0, 0.05) is 12.0 Å². The van der Waals surface area contributed by atoms with E-state index in [1.54, 1.807) is 19.1 Å². The van der Waals surface area contributed by atoms with Crippen LogP contribution in [-0.4, -0.2) is 31.4 Å². The van der Waals surface area contributed by atoms with Crippen LogP contribution in [0.25, 0.3) is 0 Å². The number of benzene rings is 1. The molecule has 1 aliphatic rings. The van der Waals surface area contributed by atoms with Crippen molar-refractivity contribution in [2.75, 3.05) is 20.3 Å². The minimum absolute atomic E-state index is 0.448. The average Bonchev–Trinajstić information content (AvgIpc) is 2.61. The Balaban J connectivity index is 2.49. The molecule has 1 aromatic carbocycles. The first kappa shape index (κ1) is 12.5. The summed E-state index contributed by atoms with van der Waals surface area (Å²) in [7, 11) is 1.50. The van der Waals surface area contributed by atoms with Crippen LogP contribution in [0.4, 0.5) is 0 Å². The molecule has 1 unspecified atom stereocenters. The Morgan fingerprint density at radius 3 is 2.78 bits per heavy atom. The van der Waals surface area contributed by atoms with E-state index in [4.69, 9.17) is 19.3 Å². The van der Waals surface area contributed by atoms with Crippen LogP contribution < -0.4 is 14.2 Å². The first-order valence-electron chi connectivity index (χ1n) is 5.84. The van der Waals surface area contributed by atoms with Crippen molar-refractivity contribution in [1.29, 1.82) is 0 Å². The van der Waals surface area contributed by atoms with Crippen LogP contribution >= 0.6 is 0 Å². The van der Waals surface area contributed by atoms with Gasteiger partial charge in [0.15, 0.2) is 11.5 Å². The highest BCUT2D eigenvalue weighted by Crippen LogP contribution is 2.43. The quantitative estimate of drug-likeness (QED) is 0.891. The molecule has 1 atom stereocenters. The van der Waals surface area contributed by atoms with Gasteiger partial charge in [-0.3, -0.25) is 4.79 Å². The van der Waals surface area contributed by atoms with E-state index in [1.165, 1.54) is 7.11 Å². The van der Waals surface area contributed by atoms with Crippen LogP contribution in [0, 0.1) is 0 Å². The van der Waals surface area contributed by atoms with Crippen molar-refractivity contribution in [3.8, 4) is 17.2 Å². The van der Waals surface area contributed by atoms with E-state index in [1.807, 2.05) is 0 Å². The van der Waals surface area contributed by atoms with Gasteiger partial charge in [0.1, 0.15) is 0 Å². The summed E-state index contributed by atoms with van der Waals surface area (Å²) in [6, 6.07) is 3.45. The van der Waals surface area contributed by atoms with Crippen molar-refractivity contribution >= 4 is 5.97 Å². The number of carboxylic acids is 1. The molecule has 0 saturated carbocycles. The van der Waals surface area contributed by atoms with Crippen LogP contribution in [0.3, 0.4) is 0 Å². The zero-order valence-electron chi connectivity index (χ0n) is 10.4. The van der Waals surface area contributed by atoms with Crippen LogP contribution in [0.2, 0.25) is 0 Å². The molecular weight excluding hydrogens is 236 g/mol. The second-order valence-corrected chi connectivity index (χ2v) is 4.13. The van der Waals surface area contributed by atoms with Crippen molar-refractivity contribution in [2.45, 2.75) is 19.3 Å². The SMILES string of the molecule is COc1c(C(C)C(=O)O)ccc2c1OCCCO2. The predicted molar refractivity (Wildman–Crippen MR) is 64.7 cm³/mol. The van der Waals surface area contributed by atoms with E-state index in [2.05, 4.69) is 0 Å². The van der Waals surface area contributed by atoms with Crippen LogP contribution in [0.1, 0.15) is 24.8 Å². The third kappa shape index (κ3) is 2.20. The van der Waals surface area contributed by atoms with Crippen LogP contribution in [0.5, 0.6) is 17.2 Å². The molecule has 18 heavy (non-hydrogen) atoms. The number of methoxy groups -OCH3 is 1. The third-order valence-electron chi connectivity index (χ3n) is 2.94. The van der Waals surface area contributed by atoms with Gasteiger partial charge in [-0.05, 0) is 13.0 Å². The fourth-order valence-electron chi connectivity index (χ4n) is 1.91. The lowest BCUT2D eigenvalue weighted by Gasteiger charge is -2.17. The summed E-state index contributed by atoms with van der Waals surface area (Å²) in [5.41, 5.74) is 0.592. The molecule has 0 saturated heterocycles. The lowest BCUT2D eigenvalue weighted by molar-refractivity contribution is -0.138. The van der Waals surface area contributed by atoms with Crippen molar-refractivity contribution in [3.63, 3.8) is 0 Å². The third-order valence-corrected chi connectivity index (χ3v) is 2.94. The number of carbonyl (C=O) groups is 1. The highest BCUT2D eigenvalue weighted by Gasteiger charge is 2.25. The largest absolute Gasteiger partial charge is 0.492 e. The Hall–Kier alpha value is -1.91. The molecule has 0 radical (unpaired) electrons. The Morgan fingerprint density at radius 2 is 2.11 bits per heavy atom. The average molecular weight is 252 g/mol. The van der Waals surface area contributed by atoms with Gasteiger partial charge in [0.25, 0.3) is 0 Å².